The third kappa shape index (κ3) is 1.44. The van der Waals surface area contributed by atoms with Crippen LogP contribution in [-0.4, -0.2) is 19.6 Å². The largest absolute Gasteiger partial charge is 0.389 e. The van der Waals surface area contributed by atoms with Gasteiger partial charge in [0.2, 0.25) is 0 Å². The van der Waals surface area contributed by atoms with Gasteiger partial charge in [0.15, 0.2) is 11.5 Å². The SMILES string of the molecule is NC(=S)c1cccn2nc(CCl)nc12. The second-order valence-corrected chi connectivity index (χ2v) is 3.42. The van der Waals surface area contributed by atoms with E-state index in [-0.39, 0.29) is 5.88 Å². The Balaban J connectivity index is 2.73. The van der Waals surface area contributed by atoms with Crippen molar-refractivity contribution in [3.63, 3.8) is 0 Å². The summed E-state index contributed by atoms with van der Waals surface area (Å²) in [6, 6.07) is 3.62. The molecule has 0 amide bonds. The van der Waals surface area contributed by atoms with Gasteiger partial charge in [-0.05, 0) is 12.1 Å². The van der Waals surface area contributed by atoms with Crippen molar-refractivity contribution in [1.29, 1.82) is 0 Å². The number of alkyl halides is 1. The summed E-state index contributed by atoms with van der Waals surface area (Å²) in [5.74, 6) is 0.841. The summed E-state index contributed by atoms with van der Waals surface area (Å²) in [6.45, 7) is 0. The van der Waals surface area contributed by atoms with E-state index in [9.17, 15) is 0 Å². The van der Waals surface area contributed by atoms with Crippen molar-refractivity contribution in [1.82, 2.24) is 14.6 Å². The van der Waals surface area contributed by atoms with E-state index in [2.05, 4.69) is 10.1 Å². The molecule has 6 heteroatoms. The number of hydrogen-bond donors (Lipinski definition) is 1. The van der Waals surface area contributed by atoms with E-state index < -0.39 is 0 Å². The Labute approximate surface area is 90.7 Å². The fraction of sp³-hybridized carbons (Fsp3) is 0.125. The van der Waals surface area contributed by atoms with E-state index in [1.165, 1.54) is 0 Å². The van der Waals surface area contributed by atoms with Gasteiger partial charge in [-0.1, -0.05) is 12.2 Å². The summed E-state index contributed by atoms with van der Waals surface area (Å²) in [5.41, 5.74) is 6.91. The molecule has 0 aromatic carbocycles. The van der Waals surface area contributed by atoms with Crippen molar-refractivity contribution >= 4 is 34.5 Å². The Bertz CT molecular complexity index is 493. The summed E-state index contributed by atoms with van der Waals surface area (Å²) in [6.07, 6.45) is 1.78. The Kier molecular flexibility index (Phi) is 2.35. The lowest BCUT2D eigenvalue weighted by Gasteiger charge is -1.97. The lowest BCUT2D eigenvalue weighted by atomic mass is 10.3. The van der Waals surface area contributed by atoms with Gasteiger partial charge >= 0.3 is 0 Å². The van der Waals surface area contributed by atoms with E-state index >= 15 is 0 Å². The molecule has 0 spiro atoms. The molecule has 2 rings (SSSR count). The van der Waals surface area contributed by atoms with Gasteiger partial charge in [-0.15, -0.1) is 16.7 Å². The van der Waals surface area contributed by atoms with Crippen molar-refractivity contribution in [3.05, 3.63) is 29.7 Å². The van der Waals surface area contributed by atoms with E-state index in [4.69, 9.17) is 29.6 Å². The highest BCUT2D eigenvalue weighted by molar-refractivity contribution is 7.80. The number of rotatable bonds is 2. The predicted molar refractivity (Wildman–Crippen MR) is 58.4 cm³/mol. The number of nitrogens with zero attached hydrogens (tertiary/aromatic N) is 3. The number of nitrogens with two attached hydrogens (primary N) is 1. The summed E-state index contributed by atoms with van der Waals surface area (Å²) in [4.78, 5) is 4.51. The predicted octanol–water partition coefficient (Wildman–Crippen LogP) is 1.10. The topological polar surface area (TPSA) is 56.2 Å². The number of pyridine rings is 1. The molecule has 0 radical (unpaired) electrons. The van der Waals surface area contributed by atoms with Crippen LogP contribution in [-0.2, 0) is 5.88 Å². The Morgan fingerprint density at radius 3 is 3.07 bits per heavy atom. The number of fused-ring (bicyclic) bond motifs is 1. The normalized spacial score (nSPS) is 10.6. The Morgan fingerprint density at radius 1 is 1.64 bits per heavy atom. The van der Waals surface area contributed by atoms with Crippen molar-refractivity contribution in [2.75, 3.05) is 0 Å². The molecule has 0 aliphatic carbocycles. The number of halogens is 1. The maximum Gasteiger partial charge on any atom is 0.166 e. The zero-order chi connectivity index (χ0) is 10.1. The van der Waals surface area contributed by atoms with Gasteiger partial charge in [0.25, 0.3) is 0 Å². The van der Waals surface area contributed by atoms with Gasteiger partial charge in [0.05, 0.1) is 11.4 Å². The molecule has 0 aliphatic heterocycles. The second kappa shape index (κ2) is 3.51. The van der Waals surface area contributed by atoms with Crippen LogP contribution in [0.4, 0.5) is 0 Å². The molecule has 0 saturated carbocycles. The first kappa shape index (κ1) is 9.36. The highest BCUT2D eigenvalue weighted by Gasteiger charge is 2.08. The smallest absolute Gasteiger partial charge is 0.166 e. The molecule has 2 N–H and O–H groups in total. The van der Waals surface area contributed by atoms with E-state index in [1.54, 1.807) is 10.7 Å². The van der Waals surface area contributed by atoms with Crippen molar-refractivity contribution in [3.8, 4) is 0 Å². The van der Waals surface area contributed by atoms with Crippen molar-refractivity contribution in [2.45, 2.75) is 5.88 Å². The van der Waals surface area contributed by atoms with Gasteiger partial charge in [-0.2, -0.15) is 0 Å². The molecule has 0 aliphatic rings. The highest BCUT2D eigenvalue weighted by Crippen LogP contribution is 2.09. The first-order valence-electron chi connectivity index (χ1n) is 3.92. The highest BCUT2D eigenvalue weighted by atomic mass is 35.5. The van der Waals surface area contributed by atoms with Crippen LogP contribution in [0.25, 0.3) is 5.65 Å². The summed E-state index contributed by atoms with van der Waals surface area (Å²) >= 11 is 10.5. The van der Waals surface area contributed by atoms with Gasteiger partial charge in [0, 0.05) is 6.20 Å². The fourth-order valence-corrected chi connectivity index (χ4v) is 1.47. The Morgan fingerprint density at radius 2 is 2.43 bits per heavy atom. The summed E-state index contributed by atoms with van der Waals surface area (Å²) in [7, 11) is 0. The van der Waals surface area contributed by atoms with Crippen LogP contribution in [0.1, 0.15) is 11.4 Å². The lowest BCUT2D eigenvalue weighted by molar-refractivity contribution is 0.922. The molecular weight excluding hydrogens is 220 g/mol. The Hall–Kier alpha value is -1.20. The summed E-state index contributed by atoms with van der Waals surface area (Å²) < 4.78 is 1.62. The minimum atomic E-state index is 0.276. The van der Waals surface area contributed by atoms with E-state index in [1.807, 2.05) is 12.1 Å². The first-order valence-corrected chi connectivity index (χ1v) is 4.86. The monoisotopic (exact) mass is 226 g/mol. The molecular formula is C8H7ClN4S. The molecule has 72 valence electrons. The van der Waals surface area contributed by atoms with Crippen molar-refractivity contribution < 1.29 is 0 Å². The van der Waals surface area contributed by atoms with Gasteiger partial charge in [-0.25, -0.2) is 9.50 Å². The zero-order valence-electron chi connectivity index (χ0n) is 7.14. The van der Waals surface area contributed by atoms with E-state index in [0.717, 1.165) is 0 Å². The third-order valence-corrected chi connectivity index (χ3v) is 2.25. The van der Waals surface area contributed by atoms with E-state index in [0.29, 0.717) is 22.0 Å². The number of aromatic nitrogens is 3. The first-order chi connectivity index (χ1) is 6.72. The van der Waals surface area contributed by atoms with Gasteiger partial charge in [-0.3, -0.25) is 0 Å². The second-order valence-electron chi connectivity index (χ2n) is 2.72. The average molecular weight is 227 g/mol. The molecule has 2 heterocycles. The molecule has 0 bridgehead atoms. The zero-order valence-corrected chi connectivity index (χ0v) is 8.72. The van der Waals surface area contributed by atoms with Crippen LogP contribution >= 0.6 is 23.8 Å². The van der Waals surface area contributed by atoms with Crippen molar-refractivity contribution in [2.24, 2.45) is 5.73 Å². The van der Waals surface area contributed by atoms with Crippen LogP contribution in [0.3, 0.4) is 0 Å². The van der Waals surface area contributed by atoms with Gasteiger partial charge < -0.3 is 5.73 Å². The van der Waals surface area contributed by atoms with Gasteiger partial charge in [0.1, 0.15) is 4.99 Å². The molecule has 0 saturated heterocycles. The minimum absolute atomic E-state index is 0.276. The maximum absolute atomic E-state index is 5.63. The quantitative estimate of drug-likeness (QED) is 0.616. The molecule has 0 unspecified atom stereocenters. The number of hydrogen-bond acceptors (Lipinski definition) is 3. The molecule has 2 aromatic rings. The standard InChI is InChI=1S/C8H7ClN4S/c9-4-6-11-8-5(7(10)14)2-1-3-13(8)12-6/h1-3H,4H2,(H2,10,14). The summed E-state index contributed by atoms with van der Waals surface area (Å²) in [5, 5.41) is 4.13. The van der Waals surface area contributed by atoms with Crippen LogP contribution in [0.5, 0.6) is 0 Å². The molecule has 4 nitrogen and oxygen atoms in total. The van der Waals surface area contributed by atoms with Crippen LogP contribution < -0.4 is 5.73 Å². The fourth-order valence-electron chi connectivity index (χ4n) is 1.20. The number of thiocarbonyl (C=S) groups is 1. The van der Waals surface area contributed by atoms with Crippen LogP contribution in [0.15, 0.2) is 18.3 Å². The molecule has 0 atom stereocenters. The average Bonchev–Trinajstić information content (AvgIpc) is 2.59. The maximum atomic E-state index is 5.63. The molecule has 2 aromatic heterocycles. The van der Waals surface area contributed by atoms with Crippen LogP contribution in [0.2, 0.25) is 0 Å². The van der Waals surface area contributed by atoms with Crippen LogP contribution in [0, 0.1) is 0 Å². The lowest BCUT2D eigenvalue weighted by Crippen LogP contribution is -2.11. The minimum Gasteiger partial charge on any atom is -0.389 e. The third-order valence-electron chi connectivity index (χ3n) is 1.79. The molecule has 0 fully saturated rings. The molecule has 14 heavy (non-hydrogen) atoms.